The Bertz CT molecular complexity index is 575. The summed E-state index contributed by atoms with van der Waals surface area (Å²) in [6.45, 7) is 1.52. The zero-order valence-corrected chi connectivity index (χ0v) is 9.04. The second kappa shape index (κ2) is 3.77. The molecule has 1 saturated heterocycles. The van der Waals surface area contributed by atoms with Crippen molar-refractivity contribution in [3.8, 4) is 0 Å². The van der Waals surface area contributed by atoms with Gasteiger partial charge < -0.3 is 15.0 Å². The third kappa shape index (κ3) is 1.74. The molecule has 0 aromatic carbocycles. The molecule has 88 valence electrons. The molecule has 1 aliphatic rings. The summed E-state index contributed by atoms with van der Waals surface area (Å²) in [4.78, 5) is 15.1. The van der Waals surface area contributed by atoms with Gasteiger partial charge in [-0.1, -0.05) is 0 Å². The van der Waals surface area contributed by atoms with Crippen molar-refractivity contribution in [2.24, 2.45) is 5.73 Å². The molecule has 0 saturated carbocycles. The van der Waals surface area contributed by atoms with Gasteiger partial charge in [-0.15, -0.1) is 10.2 Å². The van der Waals surface area contributed by atoms with Gasteiger partial charge in [-0.3, -0.25) is 4.79 Å². The third-order valence-electron chi connectivity index (χ3n) is 2.81. The number of nitrogens with zero attached hydrogens (tertiary/aromatic N) is 4. The number of rotatable bonds is 3. The monoisotopic (exact) mass is 233 g/mol. The molecule has 3 heterocycles. The molecule has 0 aliphatic carbocycles. The van der Waals surface area contributed by atoms with Crippen LogP contribution in [0.3, 0.4) is 0 Å². The van der Waals surface area contributed by atoms with Crippen molar-refractivity contribution in [2.75, 3.05) is 6.61 Å². The average molecular weight is 233 g/mol. The van der Waals surface area contributed by atoms with Gasteiger partial charge in [-0.05, 0) is 6.42 Å². The first-order valence-electron chi connectivity index (χ1n) is 5.34. The van der Waals surface area contributed by atoms with E-state index in [1.54, 1.807) is 12.4 Å². The molecule has 1 fully saturated rings. The molecule has 7 heteroatoms. The largest absolute Gasteiger partial charge is 0.376 e. The van der Waals surface area contributed by atoms with Crippen molar-refractivity contribution in [1.82, 2.24) is 19.7 Å². The number of nitrogens with two attached hydrogens (primary N) is 1. The van der Waals surface area contributed by atoms with Crippen LogP contribution >= 0.6 is 0 Å². The summed E-state index contributed by atoms with van der Waals surface area (Å²) in [7, 11) is 0. The number of amides is 1. The molecule has 2 aromatic rings. The Balaban J connectivity index is 1.95. The number of carbonyl (C=O) groups excluding carboxylic acids is 1. The normalized spacial score (nSPS) is 19.2. The summed E-state index contributed by atoms with van der Waals surface area (Å²) in [6, 6.07) is 1.54. The van der Waals surface area contributed by atoms with Crippen molar-refractivity contribution in [2.45, 2.75) is 19.1 Å². The molecule has 1 aliphatic heterocycles. The summed E-state index contributed by atoms with van der Waals surface area (Å²) in [5, 5.41) is 7.73. The van der Waals surface area contributed by atoms with E-state index in [4.69, 9.17) is 10.5 Å². The Morgan fingerprint density at radius 2 is 2.41 bits per heavy atom. The van der Waals surface area contributed by atoms with Crippen LogP contribution in [-0.4, -0.2) is 38.4 Å². The summed E-state index contributed by atoms with van der Waals surface area (Å²) < 4.78 is 7.22. The van der Waals surface area contributed by atoms with E-state index >= 15 is 0 Å². The predicted molar refractivity (Wildman–Crippen MR) is 58.2 cm³/mol. The predicted octanol–water partition coefficient (Wildman–Crippen LogP) is -0.286. The van der Waals surface area contributed by atoms with Crippen LogP contribution in [0.5, 0.6) is 0 Å². The van der Waals surface area contributed by atoms with Crippen LogP contribution in [-0.2, 0) is 11.3 Å². The Morgan fingerprint density at radius 1 is 1.59 bits per heavy atom. The van der Waals surface area contributed by atoms with Crippen LogP contribution in [0.15, 0.2) is 12.4 Å². The maximum atomic E-state index is 10.9. The Morgan fingerprint density at radius 3 is 3.06 bits per heavy atom. The lowest BCUT2D eigenvalue weighted by molar-refractivity contribution is -0.0587. The number of hydrogen-bond acceptors (Lipinski definition) is 5. The van der Waals surface area contributed by atoms with Crippen molar-refractivity contribution in [3.05, 3.63) is 18.1 Å². The maximum absolute atomic E-state index is 10.9. The van der Waals surface area contributed by atoms with Crippen LogP contribution in [0.2, 0.25) is 0 Å². The molecule has 2 aromatic heterocycles. The lowest BCUT2D eigenvalue weighted by Crippen LogP contribution is -2.31. The van der Waals surface area contributed by atoms with Crippen LogP contribution in [0.1, 0.15) is 16.9 Å². The minimum Gasteiger partial charge on any atom is -0.376 e. The topological polar surface area (TPSA) is 95.9 Å². The highest BCUT2D eigenvalue weighted by Crippen LogP contribution is 2.16. The SMILES string of the molecule is NC(=O)c1cc2ncn(CC3CCO3)c2nn1. The number of fused-ring (bicyclic) bond motifs is 1. The highest BCUT2D eigenvalue weighted by atomic mass is 16.5. The van der Waals surface area contributed by atoms with E-state index in [1.807, 2.05) is 4.57 Å². The Labute approximate surface area is 96.6 Å². The van der Waals surface area contributed by atoms with Gasteiger partial charge in [0, 0.05) is 12.7 Å². The number of ether oxygens (including phenoxy) is 1. The van der Waals surface area contributed by atoms with Gasteiger partial charge in [-0.25, -0.2) is 4.98 Å². The summed E-state index contributed by atoms with van der Waals surface area (Å²) >= 11 is 0. The van der Waals surface area contributed by atoms with Gasteiger partial charge in [0.15, 0.2) is 11.3 Å². The quantitative estimate of drug-likeness (QED) is 0.786. The van der Waals surface area contributed by atoms with E-state index in [9.17, 15) is 4.79 Å². The van der Waals surface area contributed by atoms with Gasteiger partial charge in [0.05, 0.1) is 19.0 Å². The van der Waals surface area contributed by atoms with Crippen LogP contribution in [0, 0.1) is 0 Å². The number of aromatic nitrogens is 4. The fourth-order valence-corrected chi connectivity index (χ4v) is 1.76. The van der Waals surface area contributed by atoms with Crippen molar-refractivity contribution in [3.63, 3.8) is 0 Å². The lowest BCUT2D eigenvalue weighted by Gasteiger charge is -2.26. The van der Waals surface area contributed by atoms with Crippen molar-refractivity contribution >= 4 is 17.1 Å². The molecule has 0 spiro atoms. The van der Waals surface area contributed by atoms with Crippen molar-refractivity contribution in [1.29, 1.82) is 0 Å². The van der Waals surface area contributed by atoms with Gasteiger partial charge in [0.25, 0.3) is 5.91 Å². The lowest BCUT2D eigenvalue weighted by atomic mass is 10.2. The minimum absolute atomic E-state index is 0.127. The first-order chi connectivity index (χ1) is 8.24. The number of hydrogen-bond donors (Lipinski definition) is 1. The Hall–Kier alpha value is -2.02. The van der Waals surface area contributed by atoms with E-state index in [0.29, 0.717) is 17.7 Å². The minimum atomic E-state index is -0.601. The molecular weight excluding hydrogens is 222 g/mol. The Kier molecular flexibility index (Phi) is 2.25. The van der Waals surface area contributed by atoms with Crippen LogP contribution in [0.25, 0.3) is 11.2 Å². The third-order valence-corrected chi connectivity index (χ3v) is 2.81. The van der Waals surface area contributed by atoms with Gasteiger partial charge in [0.2, 0.25) is 0 Å². The molecule has 1 unspecified atom stereocenters. The molecule has 17 heavy (non-hydrogen) atoms. The summed E-state index contributed by atoms with van der Waals surface area (Å²) in [6.07, 6.45) is 2.95. The van der Waals surface area contributed by atoms with Crippen LogP contribution < -0.4 is 5.73 Å². The van der Waals surface area contributed by atoms with Crippen molar-refractivity contribution < 1.29 is 9.53 Å². The van der Waals surface area contributed by atoms with E-state index in [1.165, 1.54) is 0 Å². The molecular formula is C10H11N5O2. The fourth-order valence-electron chi connectivity index (χ4n) is 1.76. The van der Waals surface area contributed by atoms with Gasteiger partial charge >= 0.3 is 0 Å². The van der Waals surface area contributed by atoms with Crippen LogP contribution in [0.4, 0.5) is 0 Å². The highest BCUT2D eigenvalue weighted by molar-refractivity contribution is 5.93. The van der Waals surface area contributed by atoms with E-state index < -0.39 is 5.91 Å². The summed E-state index contributed by atoms with van der Waals surface area (Å²) in [5.41, 5.74) is 6.52. The smallest absolute Gasteiger partial charge is 0.269 e. The average Bonchev–Trinajstić information content (AvgIpc) is 2.65. The number of imidazole rings is 1. The molecule has 2 N–H and O–H groups in total. The maximum Gasteiger partial charge on any atom is 0.269 e. The molecule has 1 atom stereocenters. The molecule has 3 rings (SSSR count). The fraction of sp³-hybridized carbons (Fsp3) is 0.400. The molecule has 0 bridgehead atoms. The second-order valence-corrected chi connectivity index (χ2v) is 3.98. The number of primary amides is 1. The zero-order chi connectivity index (χ0) is 11.8. The van der Waals surface area contributed by atoms with Gasteiger partial charge in [0.1, 0.15) is 5.52 Å². The molecule has 1 amide bonds. The second-order valence-electron chi connectivity index (χ2n) is 3.98. The molecule has 0 radical (unpaired) electrons. The first-order valence-corrected chi connectivity index (χ1v) is 5.34. The van der Waals surface area contributed by atoms with Gasteiger partial charge in [-0.2, -0.15) is 0 Å². The first kappa shape index (κ1) is 10.2. The van der Waals surface area contributed by atoms with E-state index in [2.05, 4.69) is 15.2 Å². The highest BCUT2D eigenvalue weighted by Gasteiger charge is 2.20. The molecule has 7 nitrogen and oxygen atoms in total. The zero-order valence-electron chi connectivity index (χ0n) is 9.04. The summed E-state index contributed by atoms with van der Waals surface area (Å²) in [5.74, 6) is -0.601. The van der Waals surface area contributed by atoms with E-state index in [-0.39, 0.29) is 11.8 Å². The number of carbonyl (C=O) groups is 1. The van der Waals surface area contributed by atoms with E-state index in [0.717, 1.165) is 13.0 Å². The standard InChI is InChI=1S/C10H11N5O2/c11-9(16)7-3-8-10(14-13-7)15(5-12-8)4-6-1-2-17-6/h3,5-6H,1-2,4H2,(H2,11,16).